The van der Waals surface area contributed by atoms with E-state index in [2.05, 4.69) is 20.0 Å². The first-order valence-corrected chi connectivity index (χ1v) is 6.52. The van der Waals surface area contributed by atoms with E-state index in [-0.39, 0.29) is 5.95 Å². The van der Waals surface area contributed by atoms with Crippen LogP contribution in [-0.2, 0) is 6.18 Å². The minimum Gasteiger partial charge on any atom is -0.467 e. The van der Waals surface area contributed by atoms with E-state index in [9.17, 15) is 26.3 Å². The van der Waals surface area contributed by atoms with E-state index in [0.29, 0.717) is 11.9 Å². The van der Waals surface area contributed by atoms with Gasteiger partial charge in [0.25, 0.3) is 0 Å². The summed E-state index contributed by atoms with van der Waals surface area (Å²) in [5.41, 5.74) is -0.0774. The maximum absolute atomic E-state index is 12.8. The summed E-state index contributed by atoms with van der Waals surface area (Å²) in [6.07, 6.45) is -9.36. The van der Waals surface area contributed by atoms with Gasteiger partial charge in [0.05, 0.1) is 0 Å². The summed E-state index contributed by atoms with van der Waals surface area (Å²) >= 11 is 0. The molecule has 0 radical (unpaired) electrons. The van der Waals surface area contributed by atoms with Crippen LogP contribution in [0.1, 0.15) is 11.1 Å². The zero-order valence-corrected chi connectivity index (χ0v) is 12.2. The summed E-state index contributed by atoms with van der Waals surface area (Å²) in [4.78, 5) is 6.86. The van der Waals surface area contributed by atoms with Gasteiger partial charge in [-0.1, -0.05) is 17.7 Å². The number of nitrogens with zero attached hydrogens (tertiary/aromatic N) is 2. The van der Waals surface area contributed by atoms with Crippen LogP contribution in [0, 0.1) is 6.92 Å². The summed E-state index contributed by atoms with van der Waals surface area (Å²) in [7, 11) is 0. The standard InChI is InChI=1S/C14H11F6N3O/c1-8-2-4-9(5-3-8)22-12-21-6-10(14(18,19)20)11(23-12)24-7-13(15,16)17/h2-6H,7H2,1H3,(H,21,22,23). The molecule has 2 aromatic rings. The van der Waals surface area contributed by atoms with E-state index < -0.39 is 30.4 Å². The number of benzene rings is 1. The number of hydrogen-bond acceptors (Lipinski definition) is 4. The summed E-state index contributed by atoms with van der Waals surface area (Å²) in [6.45, 7) is -0.0570. The van der Waals surface area contributed by atoms with Gasteiger partial charge in [-0.05, 0) is 19.1 Å². The van der Waals surface area contributed by atoms with Crippen LogP contribution in [0.15, 0.2) is 30.5 Å². The van der Waals surface area contributed by atoms with Gasteiger partial charge in [-0.25, -0.2) is 4.98 Å². The topological polar surface area (TPSA) is 47.0 Å². The number of ether oxygens (including phenoxy) is 1. The average molecular weight is 351 g/mol. The molecule has 1 aromatic carbocycles. The lowest BCUT2D eigenvalue weighted by atomic mass is 10.2. The van der Waals surface area contributed by atoms with Crippen molar-refractivity contribution in [2.24, 2.45) is 0 Å². The zero-order chi connectivity index (χ0) is 18.0. The number of rotatable bonds is 4. The molecule has 0 saturated carbocycles. The highest BCUT2D eigenvalue weighted by atomic mass is 19.4. The molecular weight excluding hydrogens is 340 g/mol. The Morgan fingerprint density at radius 1 is 1.04 bits per heavy atom. The van der Waals surface area contributed by atoms with E-state index in [1.165, 1.54) is 0 Å². The Kier molecular flexibility index (Phi) is 4.86. The lowest BCUT2D eigenvalue weighted by Gasteiger charge is -2.15. The smallest absolute Gasteiger partial charge is 0.423 e. The Hall–Kier alpha value is -2.52. The fourth-order valence-electron chi connectivity index (χ4n) is 1.65. The van der Waals surface area contributed by atoms with E-state index in [1.807, 2.05) is 6.92 Å². The van der Waals surface area contributed by atoms with Gasteiger partial charge in [-0.2, -0.15) is 31.3 Å². The molecule has 1 aromatic heterocycles. The molecule has 0 saturated heterocycles. The summed E-state index contributed by atoms with van der Waals surface area (Å²) in [6, 6.07) is 6.69. The van der Waals surface area contributed by atoms with Crippen molar-refractivity contribution in [3.8, 4) is 5.88 Å². The monoisotopic (exact) mass is 351 g/mol. The molecule has 0 bridgehead atoms. The van der Waals surface area contributed by atoms with Gasteiger partial charge in [0.15, 0.2) is 6.61 Å². The second-order valence-corrected chi connectivity index (χ2v) is 4.81. The van der Waals surface area contributed by atoms with Gasteiger partial charge in [-0.3, -0.25) is 0 Å². The van der Waals surface area contributed by atoms with Crippen molar-refractivity contribution in [2.45, 2.75) is 19.3 Å². The fourth-order valence-corrected chi connectivity index (χ4v) is 1.65. The van der Waals surface area contributed by atoms with Gasteiger partial charge < -0.3 is 10.1 Å². The normalized spacial score (nSPS) is 12.1. The van der Waals surface area contributed by atoms with Crippen LogP contribution in [0.4, 0.5) is 38.0 Å². The lowest BCUT2D eigenvalue weighted by molar-refractivity contribution is -0.159. The molecule has 24 heavy (non-hydrogen) atoms. The minimum atomic E-state index is -4.94. The molecule has 0 amide bonds. The molecule has 0 unspecified atom stereocenters. The van der Waals surface area contributed by atoms with Crippen LogP contribution in [0.25, 0.3) is 0 Å². The van der Waals surface area contributed by atoms with Crippen molar-refractivity contribution in [1.29, 1.82) is 0 Å². The van der Waals surface area contributed by atoms with Crippen molar-refractivity contribution in [2.75, 3.05) is 11.9 Å². The largest absolute Gasteiger partial charge is 0.467 e. The summed E-state index contributed by atoms with van der Waals surface area (Å²) < 4.78 is 79.2. The molecule has 0 aliphatic rings. The predicted molar refractivity (Wildman–Crippen MR) is 73.0 cm³/mol. The van der Waals surface area contributed by atoms with Crippen LogP contribution in [0.2, 0.25) is 0 Å². The van der Waals surface area contributed by atoms with Crippen LogP contribution in [0.5, 0.6) is 5.88 Å². The first-order valence-electron chi connectivity index (χ1n) is 6.52. The van der Waals surface area contributed by atoms with Crippen LogP contribution < -0.4 is 10.1 Å². The molecule has 2 rings (SSSR count). The Morgan fingerprint density at radius 3 is 2.21 bits per heavy atom. The highest BCUT2D eigenvalue weighted by molar-refractivity contribution is 5.54. The van der Waals surface area contributed by atoms with Crippen molar-refractivity contribution < 1.29 is 31.1 Å². The Morgan fingerprint density at radius 2 is 1.67 bits per heavy atom. The summed E-state index contributed by atoms with van der Waals surface area (Å²) in [5.74, 6) is -1.51. The predicted octanol–water partition coefficient (Wildman–Crippen LogP) is 4.49. The van der Waals surface area contributed by atoms with Crippen LogP contribution in [-0.4, -0.2) is 22.8 Å². The van der Waals surface area contributed by atoms with Gasteiger partial charge in [0.1, 0.15) is 5.56 Å². The highest BCUT2D eigenvalue weighted by Crippen LogP contribution is 2.35. The molecule has 130 valence electrons. The minimum absolute atomic E-state index is 0.316. The number of anilines is 2. The van der Waals surface area contributed by atoms with Gasteiger partial charge in [0.2, 0.25) is 11.8 Å². The number of hydrogen-bond donors (Lipinski definition) is 1. The first-order chi connectivity index (χ1) is 11.0. The number of aryl methyl sites for hydroxylation is 1. The van der Waals surface area contributed by atoms with E-state index in [4.69, 9.17) is 0 Å². The molecular formula is C14H11F6N3O. The third-order valence-electron chi connectivity index (χ3n) is 2.74. The Bertz CT molecular complexity index is 697. The molecule has 0 spiro atoms. The summed E-state index contributed by atoms with van der Waals surface area (Å²) in [5, 5.41) is 2.60. The highest BCUT2D eigenvalue weighted by Gasteiger charge is 2.38. The molecule has 0 aliphatic carbocycles. The van der Waals surface area contributed by atoms with Crippen molar-refractivity contribution in [3.05, 3.63) is 41.6 Å². The van der Waals surface area contributed by atoms with Crippen molar-refractivity contribution in [3.63, 3.8) is 0 Å². The van der Waals surface area contributed by atoms with Gasteiger partial charge >= 0.3 is 12.4 Å². The lowest BCUT2D eigenvalue weighted by Crippen LogP contribution is -2.22. The van der Waals surface area contributed by atoms with Crippen molar-refractivity contribution >= 4 is 11.6 Å². The number of aromatic nitrogens is 2. The molecule has 1 N–H and O–H groups in total. The Balaban J connectivity index is 2.28. The number of halogens is 6. The maximum Gasteiger partial charge on any atom is 0.423 e. The van der Waals surface area contributed by atoms with E-state index in [0.717, 1.165) is 5.56 Å². The van der Waals surface area contributed by atoms with E-state index >= 15 is 0 Å². The number of nitrogens with one attached hydrogen (secondary N) is 1. The van der Waals surface area contributed by atoms with Crippen molar-refractivity contribution in [1.82, 2.24) is 9.97 Å². The quantitative estimate of drug-likeness (QED) is 0.825. The van der Waals surface area contributed by atoms with Crippen LogP contribution >= 0.6 is 0 Å². The second-order valence-electron chi connectivity index (χ2n) is 4.81. The third kappa shape index (κ3) is 5.00. The Labute approximate surface area is 132 Å². The zero-order valence-electron chi connectivity index (χ0n) is 12.2. The fraction of sp³-hybridized carbons (Fsp3) is 0.286. The SMILES string of the molecule is Cc1ccc(Nc2ncc(C(F)(F)F)c(OCC(F)(F)F)n2)cc1. The maximum atomic E-state index is 12.8. The van der Waals surface area contributed by atoms with Crippen LogP contribution in [0.3, 0.4) is 0 Å². The second kappa shape index (κ2) is 6.54. The third-order valence-corrected chi connectivity index (χ3v) is 2.74. The molecule has 0 atom stereocenters. The van der Waals surface area contributed by atoms with Gasteiger partial charge in [0, 0.05) is 11.9 Å². The average Bonchev–Trinajstić information content (AvgIpc) is 2.46. The molecule has 10 heteroatoms. The van der Waals surface area contributed by atoms with E-state index in [1.54, 1.807) is 24.3 Å². The van der Waals surface area contributed by atoms with Gasteiger partial charge in [-0.15, -0.1) is 0 Å². The first kappa shape index (κ1) is 17.8. The molecule has 0 aliphatic heterocycles. The number of alkyl halides is 6. The molecule has 1 heterocycles. The molecule has 4 nitrogen and oxygen atoms in total. The molecule has 0 fully saturated rings.